The first-order chi connectivity index (χ1) is 6.20. The van der Waals surface area contributed by atoms with E-state index >= 15 is 0 Å². The molecule has 0 radical (unpaired) electrons. The summed E-state index contributed by atoms with van der Waals surface area (Å²) in [6.45, 7) is 7.67. The van der Waals surface area contributed by atoms with Gasteiger partial charge in [0.2, 0.25) is 0 Å². The number of hydrogen-bond acceptors (Lipinski definition) is 2. The van der Waals surface area contributed by atoms with Crippen molar-refractivity contribution in [1.82, 2.24) is 10.3 Å². The molecule has 1 heterocycles. The third kappa shape index (κ3) is 3.55. The van der Waals surface area contributed by atoms with Crippen molar-refractivity contribution in [2.75, 3.05) is 6.54 Å². The van der Waals surface area contributed by atoms with Gasteiger partial charge in [-0.25, -0.2) is 0 Å². The van der Waals surface area contributed by atoms with Crippen LogP contribution in [0.15, 0.2) is 24.5 Å². The molecule has 2 nitrogen and oxygen atoms in total. The Labute approximate surface area is 80.4 Å². The van der Waals surface area contributed by atoms with Gasteiger partial charge in [-0.3, -0.25) is 4.98 Å². The van der Waals surface area contributed by atoms with E-state index in [0.717, 1.165) is 6.54 Å². The fraction of sp³-hybridized carbons (Fsp3) is 0.545. The lowest BCUT2D eigenvalue weighted by molar-refractivity contribution is 0.496. The minimum absolute atomic E-state index is 0.422. The highest BCUT2D eigenvalue weighted by Gasteiger charge is 2.03. The Bertz CT molecular complexity index is 231. The third-order valence-electron chi connectivity index (χ3n) is 2.04. The Hall–Kier alpha value is -0.890. The quantitative estimate of drug-likeness (QED) is 0.765. The Morgan fingerprint density at radius 1 is 1.23 bits per heavy atom. The molecule has 1 aromatic heterocycles. The topological polar surface area (TPSA) is 24.9 Å². The van der Waals surface area contributed by atoms with E-state index in [0.29, 0.717) is 12.0 Å². The number of pyridine rings is 1. The van der Waals surface area contributed by atoms with Crippen molar-refractivity contribution in [2.24, 2.45) is 5.92 Å². The maximum absolute atomic E-state index is 4.00. The van der Waals surface area contributed by atoms with Gasteiger partial charge in [-0.05, 0) is 37.1 Å². The minimum atomic E-state index is 0.422. The van der Waals surface area contributed by atoms with E-state index in [1.165, 1.54) is 5.56 Å². The number of rotatable bonds is 4. The lowest BCUT2D eigenvalue weighted by Gasteiger charge is -2.15. The van der Waals surface area contributed by atoms with Crippen molar-refractivity contribution >= 4 is 0 Å². The van der Waals surface area contributed by atoms with Crippen molar-refractivity contribution in [1.29, 1.82) is 0 Å². The van der Waals surface area contributed by atoms with Crippen LogP contribution in [0.1, 0.15) is 32.4 Å². The summed E-state index contributed by atoms with van der Waals surface area (Å²) in [6, 6.07) is 4.53. The zero-order chi connectivity index (χ0) is 9.68. The molecule has 0 aliphatic rings. The van der Waals surface area contributed by atoms with E-state index in [4.69, 9.17) is 0 Å². The van der Waals surface area contributed by atoms with Crippen LogP contribution < -0.4 is 5.32 Å². The second kappa shape index (κ2) is 4.97. The van der Waals surface area contributed by atoms with Gasteiger partial charge in [-0.15, -0.1) is 0 Å². The van der Waals surface area contributed by atoms with Gasteiger partial charge in [0.25, 0.3) is 0 Å². The number of hydrogen-bond donors (Lipinski definition) is 1. The summed E-state index contributed by atoms with van der Waals surface area (Å²) in [5.41, 5.74) is 1.30. The molecule has 1 rings (SSSR count). The van der Waals surface area contributed by atoms with Crippen LogP contribution in [0.4, 0.5) is 0 Å². The number of nitrogens with one attached hydrogen (secondary N) is 1. The van der Waals surface area contributed by atoms with Gasteiger partial charge in [0, 0.05) is 18.4 Å². The van der Waals surface area contributed by atoms with Gasteiger partial charge >= 0.3 is 0 Å². The molecule has 1 atom stereocenters. The summed E-state index contributed by atoms with van der Waals surface area (Å²) < 4.78 is 0. The molecule has 0 aliphatic heterocycles. The molecular formula is C11H18N2. The summed E-state index contributed by atoms with van der Waals surface area (Å²) in [5, 5.41) is 3.47. The van der Waals surface area contributed by atoms with Crippen molar-refractivity contribution in [3.63, 3.8) is 0 Å². The van der Waals surface area contributed by atoms with Crippen LogP contribution in [0.3, 0.4) is 0 Å². The van der Waals surface area contributed by atoms with Crippen LogP contribution in [0, 0.1) is 5.92 Å². The Morgan fingerprint density at radius 2 is 1.85 bits per heavy atom. The lowest BCUT2D eigenvalue weighted by Crippen LogP contribution is -2.23. The monoisotopic (exact) mass is 178 g/mol. The van der Waals surface area contributed by atoms with Gasteiger partial charge in [0.15, 0.2) is 0 Å². The zero-order valence-electron chi connectivity index (χ0n) is 8.62. The molecule has 0 fully saturated rings. The average Bonchev–Trinajstić information content (AvgIpc) is 2.15. The minimum Gasteiger partial charge on any atom is -0.310 e. The second-order valence-corrected chi connectivity index (χ2v) is 3.80. The average molecular weight is 178 g/mol. The summed E-state index contributed by atoms with van der Waals surface area (Å²) in [4.78, 5) is 4.00. The molecule has 2 heteroatoms. The third-order valence-corrected chi connectivity index (χ3v) is 2.04. The normalized spacial score (nSPS) is 13.2. The molecule has 0 amide bonds. The first kappa shape index (κ1) is 10.2. The number of nitrogens with zero attached hydrogens (tertiary/aromatic N) is 1. The molecule has 0 aliphatic carbocycles. The van der Waals surface area contributed by atoms with Crippen molar-refractivity contribution in [3.8, 4) is 0 Å². The summed E-state index contributed by atoms with van der Waals surface area (Å²) >= 11 is 0. The Kier molecular flexibility index (Phi) is 3.90. The summed E-state index contributed by atoms with van der Waals surface area (Å²) in [5.74, 6) is 0.698. The fourth-order valence-electron chi connectivity index (χ4n) is 1.18. The smallest absolute Gasteiger partial charge is 0.0293 e. The van der Waals surface area contributed by atoms with E-state index in [1.54, 1.807) is 0 Å². The van der Waals surface area contributed by atoms with Gasteiger partial charge in [0.05, 0.1) is 0 Å². The van der Waals surface area contributed by atoms with Crippen LogP contribution in [-0.4, -0.2) is 11.5 Å². The van der Waals surface area contributed by atoms with E-state index < -0.39 is 0 Å². The first-order valence-electron chi connectivity index (χ1n) is 4.83. The highest BCUT2D eigenvalue weighted by molar-refractivity contribution is 5.13. The van der Waals surface area contributed by atoms with E-state index in [1.807, 2.05) is 12.4 Å². The predicted molar refractivity (Wildman–Crippen MR) is 55.5 cm³/mol. The van der Waals surface area contributed by atoms with Crippen LogP contribution in [-0.2, 0) is 0 Å². The van der Waals surface area contributed by atoms with E-state index in [2.05, 4.69) is 43.2 Å². The molecule has 72 valence electrons. The molecule has 0 spiro atoms. The fourth-order valence-corrected chi connectivity index (χ4v) is 1.18. The molecule has 13 heavy (non-hydrogen) atoms. The molecule has 0 unspecified atom stereocenters. The lowest BCUT2D eigenvalue weighted by atomic mass is 10.1. The van der Waals surface area contributed by atoms with Crippen molar-refractivity contribution in [2.45, 2.75) is 26.8 Å². The molecule has 1 aromatic rings. The van der Waals surface area contributed by atoms with E-state index in [9.17, 15) is 0 Å². The molecule has 1 N–H and O–H groups in total. The predicted octanol–water partition coefficient (Wildman–Crippen LogP) is 2.39. The van der Waals surface area contributed by atoms with Crippen LogP contribution >= 0.6 is 0 Å². The summed E-state index contributed by atoms with van der Waals surface area (Å²) in [7, 11) is 0. The van der Waals surface area contributed by atoms with E-state index in [-0.39, 0.29) is 0 Å². The Morgan fingerprint density at radius 3 is 2.38 bits per heavy atom. The van der Waals surface area contributed by atoms with Crippen LogP contribution in [0.5, 0.6) is 0 Å². The zero-order valence-corrected chi connectivity index (χ0v) is 8.62. The first-order valence-corrected chi connectivity index (χ1v) is 4.83. The van der Waals surface area contributed by atoms with Crippen LogP contribution in [0.25, 0.3) is 0 Å². The SMILES string of the molecule is CC(C)CN[C@@H](C)c1ccncc1. The molecule has 0 saturated heterocycles. The maximum Gasteiger partial charge on any atom is 0.0293 e. The van der Waals surface area contributed by atoms with Gasteiger partial charge in [-0.1, -0.05) is 13.8 Å². The number of aromatic nitrogens is 1. The molecular weight excluding hydrogens is 160 g/mol. The van der Waals surface area contributed by atoms with Crippen LogP contribution in [0.2, 0.25) is 0 Å². The standard InChI is InChI=1S/C11H18N2/c1-9(2)8-13-10(3)11-4-6-12-7-5-11/h4-7,9-10,13H,8H2,1-3H3/t10-/m0/s1. The largest absolute Gasteiger partial charge is 0.310 e. The highest BCUT2D eigenvalue weighted by Crippen LogP contribution is 2.10. The van der Waals surface area contributed by atoms with Gasteiger partial charge in [-0.2, -0.15) is 0 Å². The summed E-state index contributed by atoms with van der Waals surface area (Å²) in [6.07, 6.45) is 3.67. The van der Waals surface area contributed by atoms with Crippen molar-refractivity contribution < 1.29 is 0 Å². The maximum atomic E-state index is 4.00. The molecule has 0 saturated carbocycles. The second-order valence-electron chi connectivity index (χ2n) is 3.80. The highest BCUT2D eigenvalue weighted by atomic mass is 14.9. The van der Waals surface area contributed by atoms with Gasteiger partial charge in [0.1, 0.15) is 0 Å². The Balaban J connectivity index is 2.44. The molecule has 0 bridgehead atoms. The molecule has 0 aromatic carbocycles. The van der Waals surface area contributed by atoms with Crippen molar-refractivity contribution in [3.05, 3.63) is 30.1 Å². The van der Waals surface area contributed by atoms with Gasteiger partial charge < -0.3 is 5.32 Å².